The highest BCUT2D eigenvalue weighted by Crippen LogP contribution is 2.23. The van der Waals surface area contributed by atoms with Gasteiger partial charge in [-0.3, -0.25) is 15.5 Å². The highest BCUT2D eigenvalue weighted by molar-refractivity contribution is 6.42. The van der Waals surface area contributed by atoms with E-state index in [4.69, 9.17) is 27.9 Å². The zero-order chi connectivity index (χ0) is 19.9. The number of nitrogens with zero attached hydrogens (tertiary/aromatic N) is 3. The summed E-state index contributed by atoms with van der Waals surface area (Å²) in [6.07, 6.45) is 2.77. The van der Waals surface area contributed by atoms with Crippen LogP contribution in [0.3, 0.4) is 0 Å². The smallest absolute Gasteiger partial charge is 0.287 e. The average molecular weight is 417 g/mol. The molecule has 0 atom stereocenters. The molecule has 1 heterocycles. The summed E-state index contributed by atoms with van der Waals surface area (Å²) in [6, 6.07) is 15.5. The molecule has 0 aliphatic heterocycles. The van der Waals surface area contributed by atoms with Crippen molar-refractivity contribution in [3.63, 3.8) is 0 Å². The van der Waals surface area contributed by atoms with Crippen LogP contribution in [0.4, 0.5) is 11.5 Å². The molecule has 1 aromatic heterocycles. The van der Waals surface area contributed by atoms with Gasteiger partial charge in [0.05, 0.1) is 21.2 Å². The Morgan fingerprint density at radius 3 is 2.54 bits per heavy atom. The first kappa shape index (κ1) is 19.6. The van der Waals surface area contributed by atoms with Crippen LogP contribution < -0.4 is 10.2 Å². The Morgan fingerprint density at radius 2 is 1.89 bits per heavy atom. The Morgan fingerprint density at radius 1 is 1.11 bits per heavy atom. The van der Waals surface area contributed by atoms with E-state index in [2.05, 4.69) is 15.5 Å². The van der Waals surface area contributed by atoms with Gasteiger partial charge in [0.25, 0.3) is 5.69 Å². The highest BCUT2D eigenvalue weighted by atomic mass is 35.5. The Balaban J connectivity index is 1.52. The number of rotatable bonds is 7. The van der Waals surface area contributed by atoms with Crippen LogP contribution in [0.1, 0.15) is 11.1 Å². The molecule has 2 aromatic carbocycles. The van der Waals surface area contributed by atoms with Crippen molar-refractivity contribution < 1.29 is 9.66 Å². The summed E-state index contributed by atoms with van der Waals surface area (Å²) in [7, 11) is 0. The largest absolute Gasteiger partial charge is 0.489 e. The minimum absolute atomic E-state index is 0.0778. The van der Waals surface area contributed by atoms with Gasteiger partial charge in [-0.25, -0.2) is 4.98 Å². The van der Waals surface area contributed by atoms with Crippen molar-refractivity contribution in [1.82, 2.24) is 4.98 Å². The van der Waals surface area contributed by atoms with Gasteiger partial charge >= 0.3 is 0 Å². The molecule has 0 unspecified atom stereocenters. The van der Waals surface area contributed by atoms with Crippen molar-refractivity contribution in [2.75, 3.05) is 5.43 Å². The van der Waals surface area contributed by atoms with Gasteiger partial charge in [0.1, 0.15) is 24.4 Å². The summed E-state index contributed by atoms with van der Waals surface area (Å²) in [5.74, 6) is 1.11. The lowest BCUT2D eigenvalue weighted by molar-refractivity contribution is -0.385. The van der Waals surface area contributed by atoms with Crippen molar-refractivity contribution in [1.29, 1.82) is 0 Å². The van der Waals surface area contributed by atoms with Crippen LogP contribution in [0.5, 0.6) is 5.75 Å². The maximum Gasteiger partial charge on any atom is 0.287 e. The Bertz CT molecular complexity index is 993. The van der Waals surface area contributed by atoms with E-state index in [1.54, 1.807) is 18.3 Å². The first-order chi connectivity index (χ1) is 13.5. The van der Waals surface area contributed by atoms with Crippen LogP contribution >= 0.6 is 23.2 Å². The van der Waals surface area contributed by atoms with Crippen molar-refractivity contribution in [2.45, 2.75) is 6.61 Å². The molecule has 0 aliphatic carbocycles. The van der Waals surface area contributed by atoms with Crippen LogP contribution in [0, 0.1) is 10.1 Å². The molecule has 1 N–H and O–H groups in total. The lowest BCUT2D eigenvalue weighted by Gasteiger charge is -2.07. The highest BCUT2D eigenvalue weighted by Gasteiger charge is 2.04. The predicted molar refractivity (Wildman–Crippen MR) is 109 cm³/mol. The number of pyridine rings is 1. The normalized spacial score (nSPS) is 10.8. The van der Waals surface area contributed by atoms with Crippen molar-refractivity contribution in [3.8, 4) is 5.75 Å². The van der Waals surface area contributed by atoms with E-state index in [9.17, 15) is 10.1 Å². The lowest BCUT2D eigenvalue weighted by atomic mass is 10.2. The second kappa shape index (κ2) is 9.16. The standard InChI is InChI=1S/C19H14Cl2N4O3/c20-17-7-3-14(9-18(17)21)12-28-16-5-1-13(2-6-16)10-23-24-19-8-4-15(11-22-19)25(26)27/h1-11H,12H2,(H,22,24)/b23-10+. The molecular weight excluding hydrogens is 403 g/mol. The molecule has 28 heavy (non-hydrogen) atoms. The summed E-state index contributed by atoms with van der Waals surface area (Å²) >= 11 is 11.9. The summed E-state index contributed by atoms with van der Waals surface area (Å²) in [6.45, 7) is 0.373. The number of nitro groups is 1. The monoisotopic (exact) mass is 416 g/mol. The summed E-state index contributed by atoms with van der Waals surface area (Å²) in [4.78, 5) is 14.0. The molecule has 0 radical (unpaired) electrons. The first-order valence-corrected chi connectivity index (χ1v) is 8.83. The minimum Gasteiger partial charge on any atom is -0.489 e. The van der Waals surface area contributed by atoms with E-state index in [-0.39, 0.29) is 5.69 Å². The molecular formula is C19H14Cl2N4O3. The zero-order valence-electron chi connectivity index (χ0n) is 14.4. The van der Waals surface area contributed by atoms with Crippen molar-refractivity contribution in [2.24, 2.45) is 5.10 Å². The van der Waals surface area contributed by atoms with E-state index < -0.39 is 4.92 Å². The van der Waals surface area contributed by atoms with Crippen LogP contribution in [0.15, 0.2) is 65.9 Å². The fourth-order valence-corrected chi connectivity index (χ4v) is 2.50. The quantitative estimate of drug-likeness (QED) is 0.319. The van der Waals surface area contributed by atoms with Gasteiger partial charge in [-0.1, -0.05) is 29.3 Å². The number of halogens is 2. The van der Waals surface area contributed by atoms with E-state index in [0.29, 0.717) is 28.2 Å². The second-order valence-electron chi connectivity index (χ2n) is 5.63. The third-order valence-corrected chi connectivity index (χ3v) is 4.36. The van der Waals surface area contributed by atoms with Crippen molar-refractivity contribution >= 4 is 40.9 Å². The minimum atomic E-state index is -0.509. The number of hydrazone groups is 1. The first-order valence-electron chi connectivity index (χ1n) is 8.07. The number of ether oxygens (including phenoxy) is 1. The van der Waals surface area contributed by atoms with Crippen LogP contribution in [0.2, 0.25) is 10.0 Å². The maximum absolute atomic E-state index is 10.6. The molecule has 3 rings (SSSR count). The summed E-state index contributed by atoms with van der Waals surface area (Å²) in [5, 5.41) is 15.6. The Kier molecular flexibility index (Phi) is 6.41. The summed E-state index contributed by atoms with van der Waals surface area (Å²) < 4.78 is 5.72. The van der Waals surface area contributed by atoms with Gasteiger partial charge in [0.2, 0.25) is 0 Å². The number of benzene rings is 2. The van der Waals surface area contributed by atoms with Crippen LogP contribution in [-0.2, 0) is 6.61 Å². The van der Waals surface area contributed by atoms with Crippen LogP contribution in [-0.4, -0.2) is 16.1 Å². The molecule has 0 fully saturated rings. The summed E-state index contributed by atoms with van der Waals surface area (Å²) in [5.41, 5.74) is 4.39. The fourth-order valence-electron chi connectivity index (χ4n) is 2.18. The molecule has 0 saturated carbocycles. The fraction of sp³-hybridized carbons (Fsp3) is 0.0526. The molecule has 7 nitrogen and oxygen atoms in total. The average Bonchev–Trinajstić information content (AvgIpc) is 2.70. The predicted octanol–water partition coefficient (Wildman–Crippen LogP) is 5.32. The SMILES string of the molecule is O=[N+]([O-])c1ccc(N/N=C/c2ccc(OCc3ccc(Cl)c(Cl)c3)cc2)nc1. The third kappa shape index (κ3) is 5.42. The zero-order valence-corrected chi connectivity index (χ0v) is 15.9. The maximum atomic E-state index is 10.6. The van der Waals surface area contributed by atoms with E-state index >= 15 is 0 Å². The van der Waals surface area contributed by atoms with Gasteiger partial charge in [0, 0.05) is 6.07 Å². The Hall–Kier alpha value is -3.16. The van der Waals surface area contributed by atoms with Gasteiger partial charge in [0.15, 0.2) is 0 Å². The molecule has 142 valence electrons. The van der Waals surface area contributed by atoms with E-state index in [1.807, 2.05) is 30.3 Å². The van der Waals surface area contributed by atoms with E-state index in [1.165, 1.54) is 12.1 Å². The molecule has 0 aliphatic rings. The number of aromatic nitrogens is 1. The molecule has 0 bridgehead atoms. The van der Waals surface area contributed by atoms with Gasteiger partial charge in [-0.15, -0.1) is 0 Å². The van der Waals surface area contributed by atoms with E-state index in [0.717, 1.165) is 17.3 Å². The Labute approximate surface area is 170 Å². The molecule has 0 saturated heterocycles. The topological polar surface area (TPSA) is 89.7 Å². The molecule has 0 amide bonds. The van der Waals surface area contributed by atoms with Crippen LogP contribution in [0.25, 0.3) is 0 Å². The third-order valence-electron chi connectivity index (χ3n) is 3.62. The molecule has 9 heteroatoms. The number of anilines is 1. The van der Waals surface area contributed by atoms with Gasteiger partial charge in [-0.2, -0.15) is 5.10 Å². The lowest BCUT2D eigenvalue weighted by Crippen LogP contribution is -1.96. The van der Waals surface area contributed by atoms with Gasteiger partial charge in [-0.05, 0) is 53.6 Å². The number of hydrogen-bond donors (Lipinski definition) is 1. The molecule has 0 spiro atoms. The van der Waals surface area contributed by atoms with Crippen molar-refractivity contribution in [3.05, 3.63) is 92.1 Å². The van der Waals surface area contributed by atoms with Gasteiger partial charge < -0.3 is 4.74 Å². The number of nitrogens with one attached hydrogen (secondary N) is 1. The number of hydrogen-bond acceptors (Lipinski definition) is 6. The second-order valence-corrected chi connectivity index (χ2v) is 6.45. The molecule has 3 aromatic rings.